The number of fused-ring (bicyclic) bond motifs is 1. The van der Waals surface area contributed by atoms with Crippen molar-refractivity contribution in [3.63, 3.8) is 0 Å². The summed E-state index contributed by atoms with van der Waals surface area (Å²) < 4.78 is 0. The molecule has 11 heavy (non-hydrogen) atoms. The van der Waals surface area contributed by atoms with Crippen LogP contribution in [0.15, 0.2) is 0 Å². The van der Waals surface area contributed by atoms with Gasteiger partial charge < -0.3 is 10.2 Å². The monoisotopic (exact) mass is 154 g/mol. The summed E-state index contributed by atoms with van der Waals surface area (Å²) in [4.78, 5) is 12.6. The average molecular weight is 154 g/mol. The molecule has 0 aromatic heterocycles. The zero-order valence-electron chi connectivity index (χ0n) is 6.62. The number of likely N-dealkylation sites (tertiary alicyclic amines) is 1. The van der Waals surface area contributed by atoms with Crippen LogP contribution in [0, 0.1) is 0 Å². The van der Waals surface area contributed by atoms with E-state index < -0.39 is 0 Å². The van der Waals surface area contributed by atoms with Gasteiger partial charge in [0, 0.05) is 18.6 Å². The van der Waals surface area contributed by atoms with Crippen molar-refractivity contribution in [2.45, 2.75) is 31.3 Å². The van der Waals surface area contributed by atoms with E-state index >= 15 is 0 Å². The number of rotatable bonds is 1. The Morgan fingerprint density at radius 1 is 1.45 bits per heavy atom. The lowest BCUT2D eigenvalue weighted by Crippen LogP contribution is -2.47. The highest BCUT2D eigenvalue weighted by atomic mass is 16.1. The lowest BCUT2D eigenvalue weighted by Gasteiger charge is -2.34. The third kappa shape index (κ3) is 1.13. The van der Waals surface area contributed by atoms with Crippen molar-refractivity contribution in [1.29, 1.82) is 0 Å². The fourth-order valence-corrected chi connectivity index (χ4v) is 2.24. The van der Waals surface area contributed by atoms with Crippen LogP contribution < -0.4 is 5.32 Å². The first-order valence-electron chi connectivity index (χ1n) is 4.36. The first-order valence-corrected chi connectivity index (χ1v) is 4.36. The van der Waals surface area contributed by atoms with E-state index in [9.17, 15) is 4.79 Å². The van der Waals surface area contributed by atoms with E-state index in [2.05, 4.69) is 5.32 Å². The Hall–Kier alpha value is -0.570. The topological polar surface area (TPSA) is 32.3 Å². The van der Waals surface area contributed by atoms with E-state index in [1.165, 1.54) is 6.42 Å². The molecule has 1 N–H and O–H groups in total. The maximum atomic E-state index is 10.6. The lowest BCUT2D eigenvalue weighted by molar-refractivity contribution is -0.121. The van der Waals surface area contributed by atoms with E-state index in [-0.39, 0.29) is 0 Å². The second-order valence-electron chi connectivity index (χ2n) is 3.40. The molecule has 62 valence electrons. The number of nitrogens with zero attached hydrogens (tertiary/aromatic N) is 1. The minimum absolute atomic E-state index is 0.501. The van der Waals surface area contributed by atoms with Crippen LogP contribution in [0.3, 0.4) is 0 Å². The second kappa shape index (κ2) is 2.81. The number of nitrogens with one attached hydrogen (secondary N) is 1. The fraction of sp³-hybridized carbons (Fsp3) is 0.875. The predicted octanol–water partition coefficient (Wildman–Crippen LogP) is -0.0309. The number of hydrogen-bond acceptors (Lipinski definition) is 2. The van der Waals surface area contributed by atoms with Crippen molar-refractivity contribution < 1.29 is 4.79 Å². The molecule has 2 saturated heterocycles. The SMILES string of the molecule is O=CN1CCC[C@@H]2NCC[C@@H]21. The Balaban J connectivity index is 2.06. The van der Waals surface area contributed by atoms with Crippen LogP contribution in [-0.2, 0) is 4.79 Å². The molecule has 2 rings (SSSR count). The molecule has 0 aliphatic carbocycles. The largest absolute Gasteiger partial charge is 0.341 e. The molecule has 2 fully saturated rings. The van der Waals surface area contributed by atoms with Crippen LogP contribution in [0.5, 0.6) is 0 Å². The molecule has 0 aromatic carbocycles. The van der Waals surface area contributed by atoms with Crippen molar-refractivity contribution in [3.8, 4) is 0 Å². The van der Waals surface area contributed by atoms with Crippen LogP contribution in [0.4, 0.5) is 0 Å². The molecular formula is C8H14N2O. The van der Waals surface area contributed by atoms with Gasteiger partial charge >= 0.3 is 0 Å². The van der Waals surface area contributed by atoms with E-state index in [4.69, 9.17) is 0 Å². The van der Waals surface area contributed by atoms with Gasteiger partial charge in [-0.3, -0.25) is 4.79 Å². The van der Waals surface area contributed by atoms with Crippen LogP contribution in [0.25, 0.3) is 0 Å². The predicted molar refractivity (Wildman–Crippen MR) is 42.2 cm³/mol. The van der Waals surface area contributed by atoms with Gasteiger partial charge in [0.05, 0.1) is 0 Å². The molecule has 0 radical (unpaired) electrons. The van der Waals surface area contributed by atoms with Gasteiger partial charge in [-0.2, -0.15) is 0 Å². The van der Waals surface area contributed by atoms with E-state index in [1.54, 1.807) is 0 Å². The quantitative estimate of drug-likeness (QED) is 0.538. The van der Waals surface area contributed by atoms with Crippen LogP contribution in [0.1, 0.15) is 19.3 Å². The summed E-state index contributed by atoms with van der Waals surface area (Å²) in [5.41, 5.74) is 0. The van der Waals surface area contributed by atoms with Crippen LogP contribution in [-0.4, -0.2) is 36.5 Å². The van der Waals surface area contributed by atoms with Gasteiger partial charge in [-0.1, -0.05) is 0 Å². The van der Waals surface area contributed by atoms with Gasteiger partial charge in [0.1, 0.15) is 0 Å². The molecule has 0 aromatic rings. The Labute approximate surface area is 66.8 Å². The molecule has 2 aliphatic heterocycles. The van der Waals surface area contributed by atoms with Crippen molar-refractivity contribution in [2.75, 3.05) is 13.1 Å². The first-order chi connectivity index (χ1) is 5.42. The third-order valence-corrected chi connectivity index (χ3v) is 2.80. The zero-order chi connectivity index (χ0) is 7.68. The molecule has 0 unspecified atom stereocenters. The molecule has 2 atom stereocenters. The number of amides is 1. The van der Waals surface area contributed by atoms with Crippen molar-refractivity contribution in [2.24, 2.45) is 0 Å². The summed E-state index contributed by atoms with van der Waals surface area (Å²) in [6, 6.07) is 1.09. The number of piperidine rings is 1. The van der Waals surface area contributed by atoms with Crippen molar-refractivity contribution in [3.05, 3.63) is 0 Å². The summed E-state index contributed by atoms with van der Waals surface area (Å²) in [5, 5.41) is 3.42. The summed E-state index contributed by atoms with van der Waals surface area (Å²) in [7, 11) is 0. The second-order valence-corrected chi connectivity index (χ2v) is 3.40. The molecular weight excluding hydrogens is 140 g/mol. The van der Waals surface area contributed by atoms with E-state index in [1.807, 2.05) is 4.90 Å². The van der Waals surface area contributed by atoms with Crippen LogP contribution >= 0.6 is 0 Å². The van der Waals surface area contributed by atoms with Gasteiger partial charge in [0.25, 0.3) is 0 Å². The van der Waals surface area contributed by atoms with Gasteiger partial charge in [-0.15, -0.1) is 0 Å². The lowest BCUT2D eigenvalue weighted by atomic mass is 9.98. The summed E-state index contributed by atoms with van der Waals surface area (Å²) in [6.45, 7) is 2.05. The maximum absolute atomic E-state index is 10.6. The molecule has 3 nitrogen and oxygen atoms in total. The van der Waals surface area contributed by atoms with Gasteiger partial charge in [0.2, 0.25) is 6.41 Å². The fourth-order valence-electron chi connectivity index (χ4n) is 2.24. The number of carbonyl (C=O) groups excluding carboxylic acids is 1. The van der Waals surface area contributed by atoms with E-state index in [0.29, 0.717) is 12.1 Å². The first kappa shape index (κ1) is 7.10. The highest BCUT2D eigenvalue weighted by molar-refractivity contribution is 5.48. The van der Waals surface area contributed by atoms with Gasteiger partial charge in [-0.05, 0) is 25.8 Å². The van der Waals surface area contributed by atoms with Crippen molar-refractivity contribution in [1.82, 2.24) is 10.2 Å². The Morgan fingerprint density at radius 2 is 2.36 bits per heavy atom. The average Bonchev–Trinajstić information content (AvgIpc) is 2.50. The molecule has 0 spiro atoms. The number of carbonyl (C=O) groups is 1. The smallest absolute Gasteiger partial charge is 0.210 e. The molecule has 1 amide bonds. The minimum Gasteiger partial charge on any atom is -0.341 e. The number of hydrogen-bond donors (Lipinski definition) is 1. The van der Waals surface area contributed by atoms with Crippen LogP contribution in [0.2, 0.25) is 0 Å². The Kier molecular flexibility index (Phi) is 1.82. The molecule has 2 heterocycles. The van der Waals surface area contributed by atoms with Crippen molar-refractivity contribution >= 4 is 6.41 Å². The normalized spacial score (nSPS) is 36.9. The molecule has 2 aliphatic rings. The van der Waals surface area contributed by atoms with E-state index in [0.717, 1.165) is 32.3 Å². The Bertz CT molecular complexity index is 160. The maximum Gasteiger partial charge on any atom is 0.210 e. The minimum atomic E-state index is 0.501. The van der Waals surface area contributed by atoms with Gasteiger partial charge in [0.15, 0.2) is 0 Å². The third-order valence-electron chi connectivity index (χ3n) is 2.80. The molecule has 3 heteroatoms. The summed E-state index contributed by atoms with van der Waals surface area (Å²) in [6.07, 6.45) is 4.55. The highest BCUT2D eigenvalue weighted by Crippen LogP contribution is 2.22. The van der Waals surface area contributed by atoms with Gasteiger partial charge in [-0.25, -0.2) is 0 Å². The molecule has 0 saturated carbocycles. The Morgan fingerprint density at radius 3 is 3.18 bits per heavy atom. The summed E-state index contributed by atoms with van der Waals surface area (Å²) in [5.74, 6) is 0. The standard InChI is InChI=1S/C8H14N2O/c11-6-10-5-1-2-7-8(10)3-4-9-7/h6-9H,1-5H2/t7-,8-/m0/s1. The highest BCUT2D eigenvalue weighted by Gasteiger charge is 2.33. The molecule has 0 bridgehead atoms. The summed E-state index contributed by atoms with van der Waals surface area (Å²) >= 11 is 0. The zero-order valence-corrected chi connectivity index (χ0v) is 6.62.